The standard InChI is InChI=1S/C26H43N3O4/c1-10-12-15-27-23(30)22(20-14-13-18(5)16-19(20)6)29(11-2)24(31)21(17(3)4)28-25(32)33-26(7,8)9/h13-14,16-17,21-22H,10-12,15H2,1-9H3,(H,27,30)(H,28,32). The molecule has 0 aromatic heterocycles. The summed E-state index contributed by atoms with van der Waals surface area (Å²) in [5, 5.41) is 5.71. The summed E-state index contributed by atoms with van der Waals surface area (Å²) in [6, 6.07) is 4.26. The highest BCUT2D eigenvalue weighted by Gasteiger charge is 2.37. The molecule has 0 saturated carbocycles. The number of carbonyl (C=O) groups is 3. The van der Waals surface area contributed by atoms with E-state index in [-0.39, 0.29) is 17.7 Å². The minimum atomic E-state index is -0.823. The number of nitrogens with zero attached hydrogens (tertiary/aromatic N) is 1. The molecule has 1 rings (SSSR count). The number of nitrogens with one attached hydrogen (secondary N) is 2. The first kappa shape index (κ1) is 28.5. The predicted molar refractivity (Wildman–Crippen MR) is 132 cm³/mol. The van der Waals surface area contributed by atoms with Crippen molar-refractivity contribution in [2.45, 2.75) is 92.8 Å². The molecule has 186 valence electrons. The van der Waals surface area contributed by atoms with Crippen molar-refractivity contribution < 1.29 is 19.1 Å². The summed E-state index contributed by atoms with van der Waals surface area (Å²) in [5.41, 5.74) is 2.13. The van der Waals surface area contributed by atoms with Crippen LogP contribution in [-0.4, -0.2) is 47.5 Å². The molecule has 0 heterocycles. The maximum atomic E-state index is 13.7. The fraction of sp³-hybridized carbons (Fsp3) is 0.654. The monoisotopic (exact) mass is 461 g/mol. The largest absolute Gasteiger partial charge is 0.444 e. The quantitative estimate of drug-likeness (QED) is 0.496. The fourth-order valence-electron chi connectivity index (χ4n) is 3.66. The van der Waals surface area contributed by atoms with Crippen molar-refractivity contribution in [3.8, 4) is 0 Å². The third kappa shape index (κ3) is 8.71. The molecule has 0 radical (unpaired) electrons. The predicted octanol–water partition coefficient (Wildman–Crippen LogP) is 4.66. The van der Waals surface area contributed by atoms with E-state index in [9.17, 15) is 14.4 Å². The summed E-state index contributed by atoms with van der Waals surface area (Å²) in [6.45, 7) is 17.8. The third-order valence-electron chi connectivity index (χ3n) is 5.34. The van der Waals surface area contributed by atoms with Crippen LogP contribution in [0.2, 0.25) is 0 Å². The van der Waals surface area contributed by atoms with E-state index in [1.807, 2.05) is 52.8 Å². The normalized spacial score (nSPS) is 13.3. The fourth-order valence-corrected chi connectivity index (χ4v) is 3.66. The lowest BCUT2D eigenvalue weighted by atomic mass is 9.95. The lowest BCUT2D eigenvalue weighted by molar-refractivity contribution is -0.143. The third-order valence-corrected chi connectivity index (χ3v) is 5.34. The highest BCUT2D eigenvalue weighted by Crippen LogP contribution is 2.27. The maximum Gasteiger partial charge on any atom is 0.408 e. The number of benzene rings is 1. The number of unbranched alkanes of at least 4 members (excludes halogenated alkanes) is 1. The smallest absolute Gasteiger partial charge is 0.408 e. The van der Waals surface area contributed by atoms with E-state index in [4.69, 9.17) is 4.74 Å². The second-order valence-electron chi connectivity index (χ2n) is 9.90. The van der Waals surface area contributed by atoms with Gasteiger partial charge < -0.3 is 20.3 Å². The number of rotatable bonds is 10. The van der Waals surface area contributed by atoms with E-state index in [1.165, 1.54) is 0 Å². The van der Waals surface area contributed by atoms with Crippen LogP contribution >= 0.6 is 0 Å². The Balaban J connectivity index is 3.34. The van der Waals surface area contributed by atoms with Crippen LogP contribution in [0.5, 0.6) is 0 Å². The first-order valence-corrected chi connectivity index (χ1v) is 12.0. The molecule has 0 aliphatic carbocycles. The molecular weight excluding hydrogens is 418 g/mol. The van der Waals surface area contributed by atoms with Gasteiger partial charge in [0.05, 0.1) is 0 Å². The van der Waals surface area contributed by atoms with Gasteiger partial charge >= 0.3 is 6.09 Å². The van der Waals surface area contributed by atoms with Crippen LogP contribution < -0.4 is 10.6 Å². The Morgan fingerprint density at radius 3 is 2.21 bits per heavy atom. The van der Waals surface area contributed by atoms with Gasteiger partial charge in [0.25, 0.3) is 0 Å². The highest BCUT2D eigenvalue weighted by atomic mass is 16.6. The van der Waals surface area contributed by atoms with Gasteiger partial charge in [-0.2, -0.15) is 0 Å². The Morgan fingerprint density at radius 1 is 1.09 bits per heavy atom. The van der Waals surface area contributed by atoms with Gasteiger partial charge in [-0.25, -0.2) is 4.79 Å². The average molecular weight is 462 g/mol. The zero-order valence-electron chi connectivity index (χ0n) is 21.9. The number of carbonyl (C=O) groups excluding carboxylic acids is 3. The van der Waals surface area contributed by atoms with Gasteiger partial charge in [0, 0.05) is 13.1 Å². The number of hydrogen-bond acceptors (Lipinski definition) is 4. The van der Waals surface area contributed by atoms with Gasteiger partial charge in [0.1, 0.15) is 17.7 Å². The molecule has 0 aliphatic heterocycles. The molecule has 1 aromatic carbocycles. The SMILES string of the molecule is CCCCNC(=O)C(c1ccc(C)cc1C)N(CC)C(=O)C(NC(=O)OC(C)(C)C)C(C)C. The zero-order valence-corrected chi connectivity index (χ0v) is 21.9. The topological polar surface area (TPSA) is 87.7 Å². The van der Waals surface area contributed by atoms with Gasteiger partial charge in [0.2, 0.25) is 11.8 Å². The molecule has 1 aromatic rings. The first-order chi connectivity index (χ1) is 15.3. The van der Waals surface area contributed by atoms with Crippen molar-refractivity contribution in [1.29, 1.82) is 0 Å². The van der Waals surface area contributed by atoms with Crippen molar-refractivity contribution in [3.63, 3.8) is 0 Å². The summed E-state index contributed by atoms with van der Waals surface area (Å²) in [6.07, 6.45) is 1.17. The van der Waals surface area contributed by atoms with E-state index in [1.54, 1.807) is 25.7 Å². The Morgan fingerprint density at radius 2 is 1.73 bits per heavy atom. The molecule has 0 bridgehead atoms. The van der Waals surface area contributed by atoms with Crippen LogP contribution in [0.15, 0.2) is 18.2 Å². The molecule has 0 saturated heterocycles. The van der Waals surface area contributed by atoms with E-state index < -0.39 is 23.8 Å². The maximum absolute atomic E-state index is 13.7. The van der Waals surface area contributed by atoms with Crippen LogP contribution in [0, 0.1) is 19.8 Å². The lowest BCUT2D eigenvalue weighted by Crippen LogP contribution is -2.55. The number of likely N-dealkylation sites (N-methyl/N-ethyl adjacent to an activating group) is 1. The van der Waals surface area contributed by atoms with Crippen LogP contribution in [0.1, 0.15) is 84.0 Å². The highest BCUT2D eigenvalue weighted by molar-refractivity contribution is 5.92. The van der Waals surface area contributed by atoms with Crippen molar-refractivity contribution >= 4 is 17.9 Å². The summed E-state index contributed by atoms with van der Waals surface area (Å²) in [7, 11) is 0. The van der Waals surface area contributed by atoms with Crippen LogP contribution in [0.3, 0.4) is 0 Å². The minimum absolute atomic E-state index is 0.193. The number of amides is 3. The number of alkyl carbamates (subject to hydrolysis) is 1. The van der Waals surface area contributed by atoms with E-state index in [2.05, 4.69) is 17.6 Å². The second-order valence-corrected chi connectivity index (χ2v) is 9.90. The Kier molecular flexibility index (Phi) is 10.9. The summed E-state index contributed by atoms with van der Waals surface area (Å²) in [5.74, 6) is -0.721. The Labute approximate surface area is 199 Å². The Hall–Kier alpha value is -2.57. The average Bonchev–Trinajstić information content (AvgIpc) is 2.69. The molecule has 2 unspecified atom stereocenters. The minimum Gasteiger partial charge on any atom is -0.444 e. The molecule has 2 N–H and O–H groups in total. The molecule has 7 heteroatoms. The summed E-state index contributed by atoms with van der Waals surface area (Å²) < 4.78 is 5.37. The van der Waals surface area contributed by atoms with Gasteiger partial charge in [-0.3, -0.25) is 9.59 Å². The number of hydrogen-bond donors (Lipinski definition) is 2. The van der Waals surface area contributed by atoms with Crippen LogP contribution in [0.4, 0.5) is 4.79 Å². The summed E-state index contributed by atoms with van der Waals surface area (Å²) >= 11 is 0. The van der Waals surface area contributed by atoms with Crippen molar-refractivity contribution in [2.24, 2.45) is 5.92 Å². The molecule has 0 spiro atoms. The van der Waals surface area contributed by atoms with Gasteiger partial charge in [-0.1, -0.05) is 51.0 Å². The van der Waals surface area contributed by atoms with Gasteiger partial charge in [-0.05, 0) is 65.0 Å². The number of aryl methyl sites for hydroxylation is 2. The van der Waals surface area contributed by atoms with E-state index in [0.717, 1.165) is 29.5 Å². The zero-order chi connectivity index (χ0) is 25.3. The number of ether oxygens (including phenoxy) is 1. The van der Waals surface area contributed by atoms with E-state index in [0.29, 0.717) is 13.1 Å². The van der Waals surface area contributed by atoms with Gasteiger partial charge in [0.15, 0.2) is 0 Å². The van der Waals surface area contributed by atoms with Crippen molar-refractivity contribution in [1.82, 2.24) is 15.5 Å². The van der Waals surface area contributed by atoms with Gasteiger partial charge in [-0.15, -0.1) is 0 Å². The van der Waals surface area contributed by atoms with E-state index >= 15 is 0 Å². The molecule has 2 atom stereocenters. The molecule has 7 nitrogen and oxygen atoms in total. The second kappa shape index (κ2) is 12.6. The van der Waals surface area contributed by atoms with Crippen molar-refractivity contribution in [2.75, 3.05) is 13.1 Å². The first-order valence-electron chi connectivity index (χ1n) is 12.0. The van der Waals surface area contributed by atoms with Crippen molar-refractivity contribution in [3.05, 3.63) is 34.9 Å². The molecule has 33 heavy (non-hydrogen) atoms. The lowest BCUT2D eigenvalue weighted by Gasteiger charge is -2.35. The molecular formula is C26H43N3O4. The Bertz CT molecular complexity index is 814. The summed E-state index contributed by atoms with van der Waals surface area (Å²) in [4.78, 5) is 41.1. The molecule has 3 amide bonds. The van der Waals surface area contributed by atoms with Crippen LogP contribution in [-0.2, 0) is 14.3 Å². The molecule has 0 aliphatic rings. The molecule has 0 fully saturated rings. The van der Waals surface area contributed by atoms with Crippen LogP contribution in [0.25, 0.3) is 0 Å².